The Morgan fingerprint density at radius 1 is 1.16 bits per heavy atom. The Hall–Kier alpha value is -0.500. The molecule has 0 fully saturated rings. The summed E-state index contributed by atoms with van der Waals surface area (Å²) in [5.74, 6) is 1.53. The number of halogens is 2. The second-order valence-electron chi connectivity index (χ2n) is 4.54. The first-order valence-electron chi connectivity index (χ1n) is 6.07. The number of hydrogen-bond donors (Lipinski definition) is 1. The topological polar surface area (TPSA) is 29.5 Å². The molecule has 2 nitrogen and oxygen atoms in total. The lowest BCUT2D eigenvalue weighted by molar-refractivity contribution is 0.272. The molecule has 1 atom stereocenters. The Morgan fingerprint density at radius 2 is 1.89 bits per heavy atom. The molecule has 4 heteroatoms. The van der Waals surface area contributed by atoms with Crippen molar-refractivity contribution in [3.63, 3.8) is 0 Å². The van der Waals surface area contributed by atoms with Gasteiger partial charge in [0.15, 0.2) is 0 Å². The van der Waals surface area contributed by atoms with E-state index in [-0.39, 0.29) is 0 Å². The molecule has 1 unspecified atom stereocenters. The van der Waals surface area contributed by atoms with Crippen molar-refractivity contribution in [2.45, 2.75) is 12.3 Å². The van der Waals surface area contributed by atoms with Crippen LogP contribution < -0.4 is 4.74 Å². The van der Waals surface area contributed by atoms with Gasteiger partial charge in [0.05, 0.1) is 13.7 Å². The van der Waals surface area contributed by atoms with Crippen molar-refractivity contribution >= 4 is 45.2 Å². The summed E-state index contributed by atoms with van der Waals surface area (Å²) < 4.78 is 7.47. The molecule has 1 aliphatic rings. The Bertz CT molecular complexity index is 611. The van der Waals surface area contributed by atoms with Crippen molar-refractivity contribution < 1.29 is 9.84 Å². The van der Waals surface area contributed by atoms with Crippen molar-refractivity contribution in [2.75, 3.05) is 6.61 Å². The fraction of sp³-hybridized carbons (Fsp3) is 0.200. The van der Waals surface area contributed by atoms with Gasteiger partial charge in [-0.15, -0.1) is 0 Å². The highest BCUT2D eigenvalue weighted by Gasteiger charge is 2.27. The van der Waals surface area contributed by atoms with Gasteiger partial charge < -0.3 is 9.84 Å². The Balaban J connectivity index is 2.15. The van der Waals surface area contributed by atoms with Crippen LogP contribution in [-0.4, -0.2) is 11.7 Å². The molecule has 0 radical (unpaired) electrons. The number of aromatic hydroxyl groups is 1. The summed E-state index contributed by atoms with van der Waals surface area (Å²) in [4.78, 5) is 0. The standard InChI is InChI=1S/C15H12I2O2/c16-12-8-11-10(9-4-2-1-3-5-9)6-7-19-15(11)13(17)14(12)18/h1-5,8,10,18H,6-7H2. The lowest BCUT2D eigenvalue weighted by atomic mass is 9.87. The SMILES string of the molecule is Oc1c(I)cc2c(c1I)OCCC2c1ccccc1. The molecular formula is C15H12I2O2. The van der Waals surface area contributed by atoms with E-state index in [1.807, 2.05) is 12.1 Å². The number of phenols is 1. The van der Waals surface area contributed by atoms with Gasteiger partial charge in [-0.2, -0.15) is 0 Å². The van der Waals surface area contributed by atoms with Gasteiger partial charge in [0.1, 0.15) is 11.5 Å². The molecule has 0 aromatic heterocycles. The summed E-state index contributed by atoms with van der Waals surface area (Å²) in [6.45, 7) is 0.697. The average Bonchev–Trinajstić information content (AvgIpc) is 2.45. The number of hydrogen-bond acceptors (Lipinski definition) is 2. The smallest absolute Gasteiger partial charge is 0.145 e. The molecule has 0 saturated heterocycles. The monoisotopic (exact) mass is 478 g/mol. The van der Waals surface area contributed by atoms with E-state index in [1.54, 1.807) is 0 Å². The van der Waals surface area contributed by atoms with E-state index in [2.05, 4.69) is 69.4 Å². The van der Waals surface area contributed by atoms with Crippen molar-refractivity contribution in [1.29, 1.82) is 0 Å². The molecule has 19 heavy (non-hydrogen) atoms. The van der Waals surface area contributed by atoms with Crippen molar-refractivity contribution in [2.24, 2.45) is 0 Å². The second-order valence-corrected chi connectivity index (χ2v) is 6.78. The first-order valence-corrected chi connectivity index (χ1v) is 8.23. The normalized spacial score (nSPS) is 17.7. The van der Waals surface area contributed by atoms with E-state index in [4.69, 9.17) is 4.74 Å². The summed E-state index contributed by atoms with van der Waals surface area (Å²) >= 11 is 4.34. The number of phenolic OH excluding ortho intramolecular Hbond substituents is 1. The zero-order valence-corrected chi connectivity index (χ0v) is 14.4. The average molecular weight is 478 g/mol. The zero-order chi connectivity index (χ0) is 13.4. The van der Waals surface area contributed by atoms with Crippen molar-refractivity contribution in [3.8, 4) is 11.5 Å². The van der Waals surface area contributed by atoms with Gasteiger partial charge >= 0.3 is 0 Å². The van der Waals surface area contributed by atoms with E-state index < -0.39 is 0 Å². The van der Waals surface area contributed by atoms with Crippen molar-refractivity contribution in [1.82, 2.24) is 0 Å². The highest BCUT2D eigenvalue weighted by atomic mass is 127. The van der Waals surface area contributed by atoms with Gasteiger partial charge in [-0.05, 0) is 63.2 Å². The van der Waals surface area contributed by atoms with E-state index in [0.717, 1.165) is 19.3 Å². The molecule has 0 aliphatic carbocycles. The molecule has 2 aromatic carbocycles. The van der Waals surface area contributed by atoms with Crippen LogP contribution in [0.1, 0.15) is 23.5 Å². The quantitative estimate of drug-likeness (QED) is 0.612. The minimum Gasteiger partial charge on any atom is -0.506 e. The third-order valence-corrected chi connectivity index (χ3v) is 5.23. The highest BCUT2D eigenvalue weighted by Crippen LogP contribution is 2.45. The van der Waals surface area contributed by atoms with Gasteiger partial charge in [0.25, 0.3) is 0 Å². The lowest BCUT2D eigenvalue weighted by Gasteiger charge is -2.28. The van der Waals surface area contributed by atoms with E-state index in [0.29, 0.717) is 18.3 Å². The van der Waals surface area contributed by atoms with Crippen LogP contribution in [-0.2, 0) is 0 Å². The van der Waals surface area contributed by atoms with E-state index in [9.17, 15) is 5.11 Å². The third kappa shape index (κ3) is 2.44. The van der Waals surface area contributed by atoms with E-state index in [1.165, 1.54) is 11.1 Å². The minimum atomic E-state index is 0.327. The van der Waals surface area contributed by atoms with Gasteiger partial charge in [-0.1, -0.05) is 30.3 Å². The molecule has 3 rings (SSSR count). The maximum atomic E-state index is 10.0. The molecule has 0 saturated carbocycles. The molecular weight excluding hydrogens is 466 g/mol. The largest absolute Gasteiger partial charge is 0.506 e. The Morgan fingerprint density at radius 3 is 2.63 bits per heavy atom. The number of ether oxygens (including phenoxy) is 1. The van der Waals surface area contributed by atoms with Crippen molar-refractivity contribution in [3.05, 3.63) is 54.7 Å². The Kier molecular flexibility index (Phi) is 3.88. The van der Waals surface area contributed by atoms with Crippen LogP contribution in [0, 0.1) is 7.14 Å². The van der Waals surface area contributed by atoms with Crippen LogP contribution in [0.3, 0.4) is 0 Å². The number of fused-ring (bicyclic) bond motifs is 1. The van der Waals surface area contributed by atoms with Crippen LogP contribution in [0.15, 0.2) is 36.4 Å². The van der Waals surface area contributed by atoms with Crippen LogP contribution in [0.4, 0.5) is 0 Å². The highest BCUT2D eigenvalue weighted by molar-refractivity contribution is 14.1. The van der Waals surface area contributed by atoms with Crippen LogP contribution in [0.5, 0.6) is 11.5 Å². The van der Waals surface area contributed by atoms with Gasteiger partial charge in [0, 0.05) is 11.5 Å². The molecule has 0 spiro atoms. The molecule has 1 aliphatic heterocycles. The molecule has 1 N–H and O–H groups in total. The zero-order valence-electron chi connectivity index (χ0n) is 10.1. The number of benzene rings is 2. The Labute approximate surface area is 139 Å². The predicted octanol–water partition coefficient (Wildman–Crippen LogP) is 4.52. The predicted molar refractivity (Wildman–Crippen MR) is 91.9 cm³/mol. The number of rotatable bonds is 1. The molecule has 2 aromatic rings. The third-order valence-electron chi connectivity index (χ3n) is 3.41. The lowest BCUT2D eigenvalue weighted by Crippen LogP contribution is -2.16. The van der Waals surface area contributed by atoms with E-state index >= 15 is 0 Å². The summed E-state index contributed by atoms with van der Waals surface area (Å²) in [7, 11) is 0. The van der Waals surface area contributed by atoms with Crippen LogP contribution in [0.25, 0.3) is 0 Å². The molecule has 0 bridgehead atoms. The van der Waals surface area contributed by atoms with Gasteiger partial charge in [0.2, 0.25) is 0 Å². The minimum absolute atomic E-state index is 0.327. The molecule has 1 heterocycles. The molecule has 98 valence electrons. The fourth-order valence-corrected chi connectivity index (χ4v) is 4.36. The van der Waals surface area contributed by atoms with Gasteiger partial charge in [-0.3, -0.25) is 0 Å². The summed E-state index contributed by atoms with van der Waals surface area (Å²) in [5.41, 5.74) is 2.49. The van der Waals surface area contributed by atoms with Crippen LogP contribution >= 0.6 is 45.2 Å². The first-order chi connectivity index (χ1) is 9.18. The first kappa shape index (κ1) is 13.5. The summed E-state index contributed by atoms with van der Waals surface area (Å²) in [6, 6.07) is 12.5. The maximum Gasteiger partial charge on any atom is 0.145 e. The summed E-state index contributed by atoms with van der Waals surface area (Å²) in [5, 5.41) is 10.0. The fourth-order valence-electron chi connectivity index (χ4n) is 2.48. The van der Waals surface area contributed by atoms with Gasteiger partial charge in [-0.25, -0.2) is 0 Å². The maximum absolute atomic E-state index is 10.0. The van der Waals surface area contributed by atoms with Crippen LogP contribution in [0.2, 0.25) is 0 Å². The second kappa shape index (κ2) is 5.47. The summed E-state index contributed by atoms with van der Waals surface area (Å²) in [6.07, 6.45) is 0.980. The molecule has 0 amide bonds.